The lowest BCUT2D eigenvalue weighted by Gasteiger charge is -2.24. The second-order valence-corrected chi connectivity index (χ2v) is 5.36. The molecule has 0 rings (SSSR count). The number of halogens is 1. The smallest absolute Gasteiger partial charge is 0.408 e. The fourth-order valence-corrected chi connectivity index (χ4v) is 1.19. The number of carbonyl (C=O) groups excluding carboxylic acids is 2. The Balaban J connectivity index is 4.35. The van der Waals surface area contributed by atoms with Crippen molar-refractivity contribution in [3.8, 4) is 0 Å². The molecule has 0 radical (unpaired) electrons. The molecule has 92 valence electrons. The van der Waals surface area contributed by atoms with E-state index in [2.05, 4.69) is 27.8 Å². The van der Waals surface area contributed by atoms with Crippen molar-refractivity contribution in [1.82, 2.24) is 5.32 Å². The van der Waals surface area contributed by atoms with E-state index >= 15 is 0 Å². The van der Waals surface area contributed by atoms with Crippen LogP contribution in [0.25, 0.3) is 0 Å². The Bertz CT molecular complexity index is 296. The zero-order valence-corrected chi connectivity index (χ0v) is 11.1. The number of hydrogen-bond donors (Lipinski definition) is 1. The van der Waals surface area contributed by atoms with Gasteiger partial charge in [0.1, 0.15) is 5.60 Å². The van der Waals surface area contributed by atoms with Crippen molar-refractivity contribution in [2.45, 2.75) is 38.8 Å². The van der Waals surface area contributed by atoms with Crippen molar-refractivity contribution >= 4 is 28.0 Å². The van der Waals surface area contributed by atoms with Crippen LogP contribution in [-0.2, 0) is 9.53 Å². The number of carbonyl (C=O) groups is 2. The number of alkyl carbamates (subject to hydrolysis) is 1. The van der Waals surface area contributed by atoms with Gasteiger partial charge in [0.15, 0.2) is 0 Å². The van der Waals surface area contributed by atoms with Crippen LogP contribution in [0.5, 0.6) is 0 Å². The number of rotatable bonds is 4. The molecule has 0 aliphatic carbocycles. The van der Waals surface area contributed by atoms with Gasteiger partial charge < -0.3 is 20.0 Å². The molecule has 0 spiro atoms. The maximum absolute atomic E-state index is 11.3. The first-order chi connectivity index (χ1) is 7.11. The monoisotopic (exact) mass is 292 g/mol. The van der Waals surface area contributed by atoms with E-state index in [0.717, 1.165) is 0 Å². The van der Waals surface area contributed by atoms with E-state index < -0.39 is 23.7 Å². The number of ether oxygens (including phenoxy) is 1. The first-order valence-corrected chi connectivity index (χ1v) is 5.45. The molecule has 0 heterocycles. The zero-order valence-electron chi connectivity index (χ0n) is 9.50. The first-order valence-electron chi connectivity index (χ1n) is 4.65. The molecule has 0 unspecified atom stereocenters. The van der Waals surface area contributed by atoms with Crippen LogP contribution in [0.2, 0.25) is 0 Å². The fraction of sp³-hybridized carbons (Fsp3) is 0.600. The summed E-state index contributed by atoms with van der Waals surface area (Å²) < 4.78 is 5.37. The summed E-state index contributed by atoms with van der Waals surface area (Å²) in [4.78, 5) is 22.0. The van der Waals surface area contributed by atoms with Gasteiger partial charge >= 0.3 is 6.09 Å². The van der Waals surface area contributed by atoms with Gasteiger partial charge in [0.2, 0.25) is 0 Å². The highest BCUT2D eigenvalue weighted by atomic mass is 79.9. The highest BCUT2D eigenvalue weighted by Gasteiger charge is 2.20. The minimum Gasteiger partial charge on any atom is -0.548 e. The summed E-state index contributed by atoms with van der Waals surface area (Å²) in [6, 6.07) is -1.15. The molecule has 0 aromatic carbocycles. The lowest BCUT2D eigenvalue weighted by atomic mass is 10.2. The molecular formula is C10H15BrNO4-. The number of carboxylic acid groups (broad SMARTS) is 1. The van der Waals surface area contributed by atoms with Gasteiger partial charge in [-0.3, -0.25) is 0 Å². The third-order valence-electron chi connectivity index (χ3n) is 1.40. The van der Waals surface area contributed by atoms with E-state index in [4.69, 9.17) is 4.74 Å². The molecule has 0 aliphatic rings. The Labute approximate surface area is 103 Å². The number of amides is 1. The minimum atomic E-state index is -1.38. The van der Waals surface area contributed by atoms with Crippen molar-refractivity contribution in [3.63, 3.8) is 0 Å². The summed E-state index contributed by atoms with van der Waals surface area (Å²) in [6.45, 7) is 8.55. The van der Waals surface area contributed by atoms with Gasteiger partial charge in [-0.1, -0.05) is 22.5 Å². The average molecular weight is 293 g/mol. The topological polar surface area (TPSA) is 78.5 Å². The van der Waals surface area contributed by atoms with Crippen molar-refractivity contribution in [2.24, 2.45) is 0 Å². The lowest BCUT2D eigenvalue weighted by molar-refractivity contribution is -0.308. The summed E-state index contributed by atoms with van der Waals surface area (Å²) in [7, 11) is 0. The molecule has 16 heavy (non-hydrogen) atoms. The molecule has 5 nitrogen and oxygen atoms in total. The van der Waals surface area contributed by atoms with Crippen LogP contribution in [0.3, 0.4) is 0 Å². The van der Waals surface area contributed by atoms with Crippen molar-refractivity contribution in [3.05, 3.63) is 11.1 Å². The van der Waals surface area contributed by atoms with E-state index in [1.54, 1.807) is 20.8 Å². The van der Waals surface area contributed by atoms with E-state index in [-0.39, 0.29) is 6.42 Å². The minimum absolute atomic E-state index is 0.0432. The predicted molar refractivity (Wildman–Crippen MR) is 60.8 cm³/mol. The van der Waals surface area contributed by atoms with Crippen molar-refractivity contribution < 1.29 is 19.4 Å². The maximum Gasteiger partial charge on any atom is 0.408 e. The predicted octanol–water partition coefficient (Wildman–Crippen LogP) is 0.928. The van der Waals surface area contributed by atoms with Crippen LogP contribution in [-0.4, -0.2) is 23.7 Å². The molecule has 0 aliphatic heterocycles. The van der Waals surface area contributed by atoms with Crippen LogP contribution < -0.4 is 10.4 Å². The summed E-state index contributed by atoms with van der Waals surface area (Å²) in [6.07, 6.45) is -0.753. The van der Waals surface area contributed by atoms with Crippen LogP contribution in [0, 0.1) is 0 Å². The second-order valence-electron chi connectivity index (χ2n) is 4.24. The van der Waals surface area contributed by atoms with Crippen LogP contribution in [0.1, 0.15) is 27.2 Å². The zero-order chi connectivity index (χ0) is 12.9. The molecule has 1 N–H and O–H groups in total. The van der Waals surface area contributed by atoms with Crippen molar-refractivity contribution in [1.29, 1.82) is 0 Å². The van der Waals surface area contributed by atoms with Gasteiger partial charge in [-0.15, -0.1) is 0 Å². The Hall–Kier alpha value is -1.04. The van der Waals surface area contributed by atoms with Gasteiger partial charge in [-0.25, -0.2) is 4.79 Å². The lowest BCUT2D eigenvalue weighted by Crippen LogP contribution is -2.49. The first kappa shape index (κ1) is 15.0. The number of aliphatic carboxylic acids is 1. The van der Waals surface area contributed by atoms with Gasteiger partial charge in [0, 0.05) is 6.42 Å². The summed E-state index contributed by atoms with van der Waals surface area (Å²) in [5.74, 6) is -1.38. The van der Waals surface area contributed by atoms with E-state index in [0.29, 0.717) is 4.48 Å². The molecule has 1 atom stereocenters. The SMILES string of the molecule is C=C(Br)C[C@H](NC(=O)OC(C)(C)C)C(=O)[O-]. The maximum atomic E-state index is 11.3. The number of carboxylic acids is 1. The van der Waals surface area contributed by atoms with Crippen molar-refractivity contribution in [2.75, 3.05) is 0 Å². The van der Waals surface area contributed by atoms with Crippen LogP contribution in [0.15, 0.2) is 11.1 Å². The molecule has 0 bridgehead atoms. The summed E-state index contributed by atoms with van der Waals surface area (Å²) >= 11 is 3.02. The van der Waals surface area contributed by atoms with Crippen LogP contribution >= 0.6 is 15.9 Å². The third kappa shape index (κ3) is 7.28. The second kappa shape index (κ2) is 5.89. The largest absolute Gasteiger partial charge is 0.548 e. The highest BCUT2D eigenvalue weighted by Crippen LogP contribution is 2.11. The van der Waals surface area contributed by atoms with Gasteiger partial charge in [0.05, 0.1) is 12.0 Å². The quantitative estimate of drug-likeness (QED) is 0.836. The van der Waals surface area contributed by atoms with Gasteiger partial charge in [0.25, 0.3) is 0 Å². The summed E-state index contributed by atoms with van der Waals surface area (Å²) in [5, 5.41) is 12.9. The number of hydrogen-bond acceptors (Lipinski definition) is 4. The van der Waals surface area contributed by atoms with E-state index in [1.807, 2.05) is 0 Å². The normalized spacial score (nSPS) is 12.8. The Morgan fingerprint density at radius 1 is 1.50 bits per heavy atom. The highest BCUT2D eigenvalue weighted by molar-refractivity contribution is 9.11. The van der Waals surface area contributed by atoms with Gasteiger partial charge in [-0.05, 0) is 25.3 Å². The van der Waals surface area contributed by atoms with Crippen LogP contribution in [0.4, 0.5) is 4.79 Å². The molecule has 0 saturated heterocycles. The van der Waals surface area contributed by atoms with E-state index in [9.17, 15) is 14.7 Å². The average Bonchev–Trinajstić information content (AvgIpc) is 1.97. The van der Waals surface area contributed by atoms with Gasteiger partial charge in [-0.2, -0.15) is 0 Å². The molecule has 6 heteroatoms. The fourth-order valence-electron chi connectivity index (χ4n) is 0.865. The summed E-state index contributed by atoms with van der Waals surface area (Å²) in [5.41, 5.74) is -0.675. The Kier molecular flexibility index (Phi) is 5.50. The molecular weight excluding hydrogens is 278 g/mol. The Morgan fingerprint density at radius 3 is 2.31 bits per heavy atom. The molecule has 0 aromatic rings. The van der Waals surface area contributed by atoms with E-state index in [1.165, 1.54) is 0 Å². The number of nitrogens with one attached hydrogen (secondary N) is 1. The molecule has 0 fully saturated rings. The standard InChI is InChI=1S/C10H16BrNO4/c1-6(11)5-7(8(13)14)12-9(15)16-10(2,3)4/h7H,1,5H2,2-4H3,(H,12,15)(H,13,14)/p-1/t7-/m0/s1. The molecule has 0 aromatic heterocycles. The molecule has 0 saturated carbocycles. The third-order valence-corrected chi connectivity index (χ3v) is 1.72. The molecule has 1 amide bonds. The Morgan fingerprint density at radius 2 is 2.00 bits per heavy atom.